The van der Waals surface area contributed by atoms with Crippen molar-refractivity contribution in [1.82, 2.24) is 10.3 Å². The van der Waals surface area contributed by atoms with Crippen molar-refractivity contribution in [3.8, 4) is 0 Å². The fraction of sp³-hybridized carbons (Fsp3) is 0.353. The van der Waals surface area contributed by atoms with Crippen molar-refractivity contribution in [2.45, 2.75) is 25.8 Å². The van der Waals surface area contributed by atoms with E-state index in [-0.39, 0.29) is 26.0 Å². The SMILES string of the molecule is CCOC(=O)C(Cc1c[nH]c2c(Cl)cccc12)(NC=O)C(=O)OCC. The Bertz CT molecular complexity index is 768. The van der Waals surface area contributed by atoms with Gasteiger partial charge in [0.2, 0.25) is 11.9 Å². The molecule has 134 valence electrons. The third-order valence-electron chi connectivity index (χ3n) is 3.76. The van der Waals surface area contributed by atoms with Gasteiger partial charge < -0.3 is 19.8 Å². The number of H-pyrrole nitrogens is 1. The summed E-state index contributed by atoms with van der Waals surface area (Å²) in [5.74, 6) is -1.76. The fourth-order valence-corrected chi connectivity index (χ4v) is 2.84. The maximum absolute atomic E-state index is 12.5. The highest BCUT2D eigenvalue weighted by Crippen LogP contribution is 2.28. The molecular formula is C17H19ClN2O5. The van der Waals surface area contributed by atoms with Crippen LogP contribution in [-0.2, 0) is 30.3 Å². The van der Waals surface area contributed by atoms with Crippen LogP contribution in [0.4, 0.5) is 0 Å². The van der Waals surface area contributed by atoms with Gasteiger partial charge >= 0.3 is 11.9 Å². The third-order valence-corrected chi connectivity index (χ3v) is 4.07. The number of hydrogen-bond acceptors (Lipinski definition) is 5. The number of fused-ring (bicyclic) bond motifs is 1. The molecule has 2 rings (SSSR count). The van der Waals surface area contributed by atoms with Gasteiger partial charge in [-0.15, -0.1) is 0 Å². The Balaban J connectivity index is 2.53. The Kier molecular flexibility index (Phi) is 6.03. The lowest BCUT2D eigenvalue weighted by atomic mass is 9.90. The smallest absolute Gasteiger partial charge is 0.344 e. The van der Waals surface area contributed by atoms with Crippen molar-refractivity contribution >= 4 is 40.9 Å². The molecule has 0 radical (unpaired) electrons. The van der Waals surface area contributed by atoms with Crippen molar-refractivity contribution in [3.05, 3.63) is 35.0 Å². The zero-order chi connectivity index (χ0) is 18.4. The Morgan fingerprint density at radius 2 is 1.88 bits per heavy atom. The van der Waals surface area contributed by atoms with Gasteiger partial charge in [0.05, 0.1) is 23.8 Å². The Hall–Kier alpha value is -2.54. The molecule has 0 saturated carbocycles. The van der Waals surface area contributed by atoms with Crippen LogP contribution < -0.4 is 5.32 Å². The van der Waals surface area contributed by atoms with Crippen LogP contribution in [0.25, 0.3) is 10.9 Å². The number of rotatable bonds is 8. The van der Waals surface area contributed by atoms with Crippen LogP contribution in [-0.4, -0.2) is 42.1 Å². The zero-order valence-electron chi connectivity index (χ0n) is 13.9. The van der Waals surface area contributed by atoms with E-state index in [1.807, 2.05) is 0 Å². The minimum atomic E-state index is -1.97. The van der Waals surface area contributed by atoms with Crippen molar-refractivity contribution < 1.29 is 23.9 Å². The standard InChI is InChI=1S/C17H19ClN2O5/c1-3-24-15(22)17(20-10-21,16(23)25-4-2)8-11-9-19-14-12(11)6-5-7-13(14)18/h5-7,9-10,19H,3-4,8H2,1-2H3,(H,20,21). The van der Waals surface area contributed by atoms with Crippen LogP contribution in [0, 0.1) is 0 Å². The van der Waals surface area contributed by atoms with Crippen molar-refractivity contribution in [1.29, 1.82) is 0 Å². The molecule has 1 heterocycles. The molecule has 2 N–H and O–H groups in total. The van der Waals surface area contributed by atoms with E-state index in [0.29, 0.717) is 16.1 Å². The molecule has 1 aromatic heterocycles. The second-order valence-corrected chi connectivity index (χ2v) is 5.67. The number of halogens is 1. The van der Waals surface area contributed by atoms with E-state index < -0.39 is 17.5 Å². The average molecular weight is 367 g/mol. The van der Waals surface area contributed by atoms with Gasteiger partial charge in [0, 0.05) is 18.0 Å². The van der Waals surface area contributed by atoms with E-state index in [1.165, 1.54) is 0 Å². The highest BCUT2D eigenvalue weighted by molar-refractivity contribution is 6.35. The molecule has 1 aromatic carbocycles. The number of benzene rings is 1. The largest absolute Gasteiger partial charge is 0.464 e. The lowest BCUT2D eigenvalue weighted by Crippen LogP contribution is -2.60. The summed E-state index contributed by atoms with van der Waals surface area (Å²) in [6.45, 7) is 3.33. The second-order valence-electron chi connectivity index (χ2n) is 5.26. The van der Waals surface area contributed by atoms with Gasteiger partial charge in [0.25, 0.3) is 0 Å². The van der Waals surface area contributed by atoms with E-state index >= 15 is 0 Å². The lowest BCUT2D eigenvalue weighted by molar-refractivity contribution is -0.167. The summed E-state index contributed by atoms with van der Waals surface area (Å²) in [6, 6.07) is 5.28. The third kappa shape index (κ3) is 3.61. The monoisotopic (exact) mass is 366 g/mol. The first-order chi connectivity index (χ1) is 12.0. The van der Waals surface area contributed by atoms with Crippen LogP contribution in [0.1, 0.15) is 19.4 Å². The molecule has 0 saturated heterocycles. The first-order valence-electron chi connectivity index (χ1n) is 7.80. The maximum Gasteiger partial charge on any atom is 0.344 e. The molecule has 0 bridgehead atoms. The number of hydrogen-bond donors (Lipinski definition) is 2. The summed E-state index contributed by atoms with van der Waals surface area (Å²) in [7, 11) is 0. The second kappa shape index (κ2) is 8.02. The Morgan fingerprint density at radius 1 is 1.24 bits per heavy atom. The summed E-state index contributed by atoms with van der Waals surface area (Å²) in [5.41, 5.74) is -0.676. The van der Waals surface area contributed by atoms with Crippen molar-refractivity contribution in [2.75, 3.05) is 13.2 Å². The molecule has 0 aliphatic rings. The van der Waals surface area contributed by atoms with Gasteiger partial charge in [0.1, 0.15) is 0 Å². The summed E-state index contributed by atoms with van der Waals surface area (Å²) >= 11 is 6.14. The molecule has 1 amide bonds. The van der Waals surface area contributed by atoms with E-state index in [1.54, 1.807) is 38.2 Å². The first-order valence-corrected chi connectivity index (χ1v) is 8.18. The zero-order valence-corrected chi connectivity index (χ0v) is 14.7. The topological polar surface area (TPSA) is 97.5 Å². The van der Waals surface area contributed by atoms with E-state index in [0.717, 1.165) is 5.39 Å². The van der Waals surface area contributed by atoms with E-state index in [4.69, 9.17) is 21.1 Å². The lowest BCUT2D eigenvalue weighted by Gasteiger charge is -2.28. The quantitative estimate of drug-likeness (QED) is 0.423. The summed E-state index contributed by atoms with van der Waals surface area (Å²) in [5, 5.41) is 3.55. The number of aromatic amines is 1. The number of carbonyl (C=O) groups excluding carboxylic acids is 3. The molecule has 2 aromatic rings. The van der Waals surface area contributed by atoms with Gasteiger partial charge in [-0.2, -0.15) is 0 Å². The fourth-order valence-electron chi connectivity index (χ4n) is 2.61. The normalized spacial score (nSPS) is 11.2. The summed E-state index contributed by atoms with van der Waals surface area (Å²) in [4.78, 5) is 39.2. The number of para-hydroxylation sites is 1. The Labute approximate surface area is 149 Å². The van der Waals surface area contributed by atoms with Crippen LogP contribution >= 0.6 is 11.6 Å². The molecule has 7 nitrogen and oxygen atoms in total. The minimum Gasteiger partial charge on any atom is -0.464 e. The highest BCUT2D eigenvalue weighted by Gasteiger charge is 2.49. The summed E-state index contributed by atoms with van der Waals surface area (Å²) in [6.07, 6.45) is 1.79. The molecule has 0 unspecified atom stereocenters. The van der Waals surface area contributed by atoms with Gasteiger partial charge in [-0.3, -0.25) is 4.79 Å². The number of aromatic nitrogens is 1. The molecule has 8 heteroatoms. The van der Waals surface area contributed by atoms with Crippen LogP contribution in [0.2, 0.25) is 5.02 Å². The van der Waals surface area contributed by atoms with E-state index in [9.17, 15) is 14.4 Å². The van der Waals surface area contributed by atoms with E-state index in [2.05, 4.69) is 10.3 Å². The van der Waals surface area contributed by atoms with Gasteiger partial charge in [-0.05, 0) is 25.5 Å². The predicted octanol–water partition coefficient (Wildman–Crippen LogP) is 1.97. The molecule has 0 fully saturated rings. The van der Waals surface area contributed by atoms with Crippen molar-refractivity contribution in [2.24, 2.45) is 0 Å². The molecule has 25 heavy (non-hydrogen) atoms. The van der Waals surface area contributed by atoms with Crippen LogP contribution in [0.3, 0.4) is 0 Å². The molecular weight excluding hydrogens is 348 g/mol. The molecule has 0 atom stereocenters. The first kappa shape index (κ1) is 18.8. The van der Waals surface area contributed by atoms with Crippen LogP contribution in [0.5, 0.6) is 0 Å². The maximum atomic E-state index is 12.5. The average Bonchev–Trinajstić information content (AvgIpc) is 2.99. The molecule has 0 spiro atoms. The van der Waals surface area contributed by atoms with Gasteiger partial charge in [-0.1, -0.05) is 23.7 Å². The molecule has 0 aliphatic carbocycles. The minimum absolute atomic E-state index is 0.0558. The Morgan fingerprint density at radius 3 is 2.44 bits per heavy atom. The number of ether oxygens (including phenoxy) is 2. The molecule has 0 aliphatic heterocycles. The van der Waals surface area contributed by atoms with Crippen molar-refractivity contribution in [3.63, 3.8) is 0 Å². The predicted molar refractivity (Wildman–Crippen MR) is 92.2 cm³/mol. The number of esters is 2. The van der Waals surface area contributed by atoms with Gasteiger partial charge in [-0.25, -0.2) is 9.59 Å². The van der Waals surface area contributed by atoms with Gasteiger partial charge in [0.15, 0.2) is 0 Å². The number of carbonyl (C=O) groups is 3. The number of amides is 1. The van der Waals surface area contributed by atoms with Crippen LogP contribution in [0.15, 0.2) is 24.4 Å². The summed E-state index contributed by atoms with van der Waals surface area (Å²) < 4.78 is 10.0. The highest BCUT2D eigenvalue weighted by atomic mass is 35.5. The number of nitrogens with one attached hydrogen (secondary N) is 2.